The molecule has 0 unspecified atom stereocenters. The van der Waals surface area contributed by atoms with Crippen LogP contribution in [0, 0.1) is 0 Å². The Balaban J connectivity index is 1.92. The molecule has 2 aromatic heterocycles. The second-order valence-electron chi connectivity index (χ2n) is 4.05. The van der Waals surface area contributed by atoms with E-state index in [1.165, 1.54) is 11.5 Å². The molecule has 98 valence electrons. The number of rotatable bonds is 6. The zero-order valence-corrected chi connectivity index (χ0v) is 12.0. The molecule has 0 bridgehead atoms. The topological polar surface area (TPSA) is 73.1 Å². The van der Waals surface area contributed by atoms with Gasteiger partial charge in [-0.25, -0.2) is 4.98 Å². The first-order valence-corrected chi connectivity index (χ1v) is 7.41. The number of ether oxygens (including phenoxy) is 1. The molecule has 0 aliphatic rings. The highest BCUT2D eigenvalue weighted by molar-refractivity contribution is 7.11. The highest BCUT2D eigenvalue weighted by Gasteiger charge is 2.14. The van der Waals surface area contributed by atoms with Crippen LogP contribution in [0.5, 0.6) is 5.75 Å². The Bertz CT molecular complexity index is 481. The molecule has 0 saturated heterocycles. The quantitative estimate of drug-likeness (QED) is 0.853. The summed E-state index contributed by atoms with van der Waals surface area (Å²) < 4.78 is 9.75. The van der Waals surface area contributed by atoms with E-state index in [2.05, 4.69) is 14.7 Å². The number of hydrogen-bond acceptors (Lipinski definition) is 7. The summed E-state index contributed by atoms with van der Waals surface area (Å²) >= 11 is 2.93. The van der Waals surface area contributed by atoms with Crippen LogP contribution >= 0.6 is 22.9 Å². The maximum absolute atomic E-state index is 5.78. The van der Waals surface area contributed by atoms with Crippen molar-refractivity contribution in [2.24, 2.45) is 0 Å². The minimum absolute atomic E-state index is 0.0859. The second kappa shape index (κ2) is 6.01. The van der Waals surface area contributed by atoms with Gasteiger partial charge < -0.3 is 15.8 Å². The molecule has 0 atom stereocenters. The summed E-state index contributed by atoms with van der Waals surface area (Å²) in [6.07, 6.45) is 0.963. The average Bonchev–Trinajstić information content (AvgIpc) is 2.93. The minimum Gasteiger partial charge on any atom is -0.484 e. The molecular weight excluding hydrogens is 268 g/mol. The van der Waals surface area contributed by atoms with Crippen molar-refractivity contribution >= 4 is 33.7 Å². The van der Waals surface area contributed by atoms with Crippen LogP contribution in [0.25, 0.3) is 0 Å². The van der Waals surface area contributed by atoms with E-state index in [4.69, 9.17) is 10.5 Å². The minimum atomic E-state index is 0.0859. The molecule has 0 amide bonds. The van der Waals surface area contributed by atoms with Crippen LogP contribution in [-0.2, 0) is 6.42 Å². The average molecular weight is 284 g/mol. The van der Waals surface area contributed by atoms with Crippen molar-refractivity contribution < 1.29 is 4.74 Å². The number of anilines is 2. The molecule has 0 saturated carbocycles. The number of hydrogen-bond donors (Lipinski definition) is 2. The lowest BCUT2D eigenvalue weighted by Crippen LogP contribution is -2.10. The Morgan fingerprint density at radius 2 is 2.33 bits per heavy atom. The molecule has 0 radical (unpaired) electrons. The van der Waals surface area contributed by atoms with Gasteiger partial charge >= 0.3 is 0 Å². The van der Waals surface area contributed by atoms with Crippen LogP contribution in [0.1, 0.15) is 19.5 Å². The van der Waals surface area contributed by atoms with Gasteiger partial charge in [-0.15, -0.1) is 11.3 Å². The number of nitrogens with one attached hydrogen (secondary N) is 1. The van der Waals surface area contributed by atoms with E-state index < -0.39 is 0 Å². The molecule has 5 nitrogen and oxygen atoms in total. The first-order chi connectivity index (χ1) is 8.66. The molecule has 0 aliphatic carbocycles. The summed E-state index contributed by atoms with van der Waals surface area (Å²) in [5.41, 5.74) is 8.71. The molecule has 2 rings (SSSR count). The van der Waals surface area contributed by atoms with Gasteiger partial charge in [0.25, 0.3) is 0 Å². The Labute approximate surface area is 114 Å². The molecule has 18 heavy (non-hydrogen) atoms. The van der Waals surface area contributed by atoms with Gasteiger partial charge in [0.05, 0.1) is 17.3 Å². The van der Waals surface area contributed by atoms with E-state index >= 15 is 0 Å². The van der Waals surface area contributed by atoms with Gasteiger partial charge in [0.15, 0.2) is 16.6 Å². The van der Waals surface area contributed by atoms with Crippen molar-refractivity contribution in [3.05, 3.63) is 16.6 Å². The van der Waals surface area contributed by atoms with E-state index in [-0.39, 0.29) is 6.10 Å². The highest BCUT2D eigenvalue weighted by Crippen LogP contribution is 2.35. The maximum Gasteiger partial charge on any atom is 0.197 e. The van der Waals surface area contributed by atoms with E-state index in [1.54, 1.807) is 11.3 Å². The van der Waals surface area contributed by atoms with Gasteiger partial charge in [0, 0.05) is 18.3 Å². The lowest BCUT2D eigenvalue weighted by Gasteiger charge is -2.11. The molecular formula is C11H16N4OS2. The van der Waals surface area contributed by atoms with Crippen molar-refractivity contribution in [1.82, 2.24) is 9.36 Å². The Morgan fingerprint density at radius 3 is 3.00 bits per heavy atom. The van der Waals surface area contributed by atoms with Gasteiger partial charge in [-0.2, -0.15) is 4.37 Å². The molecule has 0 aromatic carbocycles. The van der Waals surface area contributed by atoms with Crippen LogP contribution in [0.15, 0.2) is 10.9 Å². The van der Waals surface area contributed by atoms with Crippen LogP contribution in [0.4, 0.5) is 10.8 Å². The monoisotopic (exact) mass is 284 g/mol. The standard InChI is InChI=1S/C11H16N4OS2/c1-7(2)16-9-10(12)15-18-11(9)13-4-3-8-5-17-6-14-8/h5-7,13H,3-4H2,1-2H3,(H2,12,15). The molecule has 7 heteroatoms. The normalized spacial score (nSPS) is 10.8. The Hall–Kier alpha value is -1.34. The summed E-state index contributed by atoms with van der Waals surface area (Å²) in [6.45, 7) is 4.73. The van der Waals surface area contributed by atoms with Crippen LogP contribution in [-0.4, -0.2) is 22.0 Å². The Morgan fingerprint density at radius 1 is 1.50 bits per heavy atom. The predicted octanol–water partition coefficient (Wildman–Crippen LogP) is 2.62. The fourth-order valence-electron chi connectivity index (χ4n) is 1.42. The summed E-state index contributed by atoms with van der Waals surface area (Å²) in [5, 5.41) is 6.23. The SMILES string of the molecule is CC(C)Oc1c(N)nsc1NCCc1cscn1. The summed E-state index contributed by atoms with van der Waals surface area (Å²) in [4.78, 5) is 4.23. The number of nitrogens with zero attached hydrogens (tertiary/aromatic N) is 2. The van der Waals surface area contributed by atoms with Crippen molar-refractivity contribution in [1.29, 1.82) is 0 Å². The number of thiazole rings is 1. The summed E-state index contributed by atoms with van der Waals surface area (Å²) in [7, 11) is 0. The van der Waals surface area contributed by atoms with Crippen molar-refractivity contribution in [3.63, 3.8) is 0 Å². The lowest BCUT2D eigenvalue weighted by molar-refractivity contribution is 0.245. The third-order valence-electron chi connectivity index (χ3n) is 2.18. The van der Waals surface area contributed by atoms with Crippen molar-refractivity contribution in [3.8, 4) is 5.75 Å². The predicted molar refractivity (Wildman–Crippen MR) is 76.6 cm³/mol. The number of nitrogens with two attached hydrogens (primary N) is 1. The molecule has 2 heterocycles. The van der Waals surface area contributed by atoms with Crippen LogP contribution < -0.4 is 15.8 Å². The second-order valence-corrected chi connectivity index (χ2v) is 5.54. The van der Waals surface area contributed by atoms with Crippen LogP contribution in [0.2, 0.25) is 0 Å². The first-order valence-electron chi connectivity index (χ1n) is 5.69. The van der Waals surface area contributed by atoms with Gasteiger partial charge in [0.1, 0.15) is 0 Å². The first kappa shape index (κ1) is 13.1. The van der Waals surface area contributed by atoms with E-state index in [0.29, 0.717) is 11.6 Å². The smallest absolute Gasteiger partial charge is 0.197 e. The number of aromatic nitrogens is 2. The third-order valence-corrected chi connectivity index (χ3v) is 3.61. The zero-order valence-electron chi connectivity index (χ0n) is 10.3. The molecule has 3 N–H and O–H groups in total. The summed E-state index contributed by atoms with van der Waals surface area (Å²) in [5.74, 6) is 1.11. The van der Waals surface area contributed by atoms with Crippen molar-refractivity contribution in [2.45, 2.75) is 26.4 Å². The molecule has 0 fully saturated rings. The van der Waals surface area contributed by atoms with Crippen LogP contribution in [0.3, 0.4) is 0 Å². The highest BCUT2D eigenvalue weighted by atomic mass is 32.1. The summed E-state index contributed by atoms with van der Waals surface area (Å²) in [6, 6.07) is 0. The number of nitrogen functional groups attached to an aromatic ring is 1. The van der Waals surface area contributed by atoms with E-state index in [0.717, 1.165) is 23.7 Å². The fraction of sp³-hybridized carbons (Fsp3) is 0.455. The third kappa shape index (κ3) is 3.33. The zero-order chi connectivity index (χ0) is 13.0. The Kier molecular flexibility index (Phi) is 4.38. The van der Waals surface area contributed by atoms with Gasteiger partial charge in [0.2, 0.25) is 0 Å². The van der Waals surface area contributed by atoms with Crippen molar-refractivity contribution in [2.75, 3.05) is 17.6 Å². The van der Waals surface area contributed by atoms with Gasteiger partial charge in [-0.3, -0.25) is 0 Å². The molecule has 0 aliphatic heterocycles. The van der Waals surface area contributed by atoms with Gasteiger partial charge in [-0.1, -0.05) is 0 Å². The largest absolute Gasteiger partial charge is 0.484 e. The maximum atomic E-state index is 5.78. The van der Waals surface area contributed by atoms with Gasteiger partial charge in [-0.05, 0) is 25.4 Å². The van der Waals surface area contributed by atoms with E-state index in [1.807, 2.05) is 24.7 Å². The molecule has 2 aromatic rings. The lowest BCUT2D eigenvalue weighted by atomic mass is 10.3. The molecule has 0 spiro atoms. The van der Waals surface area contributed by atoms with E-state index in [9.17, 15) is 0 Å². The fourth-order valence-corrected chi connectivity index (χ4v) is 2.69.